The van der Waals surface area contributed by atoms with E-state index in [9.17, 15) is 4.39 Å². The molecule has 0 unspecified atom stereocenters. The minimum absolute atomic E-state index is 0.0664. The Balaban J connectivity index is 2.79. The summed E-state index contributed by atoms with van der Waals surface area (Å²) in [4.78, 5) is 4.08. The molecule has 0 fully saturated rings. The first-order valence-electron chi connectivity index (χ1n) is 5.05. The number of fused-ring (bicyclic) bond motifs is 1. The first-order valence-corrected chi connectivity index (χ1v) is 5.42. The Kier molecular flexibility index (Phi) is 2.72. The van der Waals surface area contributed by atoms with Crippen LogP contribution in [0.3, 0.4) is 0 Å². The molecule has 16 heavy (non-hydrogen) atoms. The van der Waals surface area contributed by atoms with Crippen LogP contribution in [0.5, 0.6) is 0 Å². The Hall–Kier alpha value is -1.35. The number of benzene rings is 1. The van der Waals surface area contributed by atoms with Crippen molar-refractivity contribution in [2.75, 3.05) is 5.73 Å². The van der Waals surface area contributed by atoms with Gasteiger partial charge >= 0.3 is 0 Å². The lowest BCUT2D eigenvalue weighted by Crippen LogP contribution is -2.01. The number of nitrogens with two attached hydrogens (primary N) is 1. The molecule has 0 spiro atoms. The summed E-state index contributed by atoms with van der Waals surface area (Å²) in [5.74, 6) is 0.112. The van der Waals surface area contributed by atoms with E-state index >= 15 is 0 Å². The second kappa shape index (κ2) is 3.91. The zero-order valence-electron chi connectivity index (χ0n) is 9.09. The molecule has 0 aliphatic rings. The Bertz CT molecular complexity index is 552. The summed E-state index contributed by atoms with van der Waals surface area (Å²) in [6.07, 6.45) is 0. The van der Waals surface area contributed by atoms with Crippen LogP contribution >= 0.6 is 11.6 Å². The van der Waals surface area contributed by atoms with Gasteiger partial charge in [0.15, 0.2) is 5.82 Å². The van der Waals surface area contributed by atoms with Crippen molar-refractivity contribution < 1.29 is 4.39 Å². The van der Waals surface area contributed by atoms with Crippen LogP contribution in [-0.4, -0.2) is 4.98 Å². The molecule has 0 saturated heterocycles. The van der Waals surface area contributed by atoms with Crippen LogP contribution in [0.15, 0.2) is 18.2 Å². The maximum atomic E-state index is 13.7. The van der Waals surface area contributed by atoms with Gasteiger partial charge < -0.3 is 5.73 Å². The van der Waals surface area contributed by atoms with Gasteiger partial charge in [0, 0.05) is 5.39 Å². The summed E-state index contributed by atoms with van der Waals surface area (Å²) in [7, 11) is 0. The number of anilines is 1. The SMILES string of the molecule is CC(C)c1cc2ccc(Cl)c(F)c2nc1N. The third-order valence-corrected chi connectivity index (χ3v) is 2.85. The summed E-state index contributed by atoms with van der Waals surface area (Å²) < 4.78 is 13.7. The van der Waals surface area contributed by atoms with Crippen molar-refractivity contribution in [2.24, 2.45) is 0 Å². The predicted octanol–water partition coefficient (Wildman–Crippen LogP) is 3.73. The molecule has 0 atom stereocenters. The first-order chi connectivity index (χ1) is 7.50. The molecule has 0 amide bonds. The molecule has 1 aromatic carbocycles. The highest BCUT2D eigenvalue weighted by Gasteiger charge is 2.12. The molecule has 4 heteroatoms. The lowest BCUT2D eigenvalue weighted by Gasteiger charge is -2.10. The van der Waals surface area contributed by atoms with Gasteiger partial charge in [0.25, 0.3) is 0 Å². The fourth-order valence-corrected chi connectivity index (χ4v) is 1.83. The lowest BCUT2D eigenvalue weighted by molar-refractivity contribution is 0.637. The molecule has 1 heterocycles. The molecule has 1 aromatic heterocycles. The molecule has 2 nitrogen and oxygen atoms in total. The third kappa shape index (κ3) is 1.71. The summed E-state index contributed by atoms with van der Waals surface area (Å²) >= 11 is 5.69. The van der Waals surface area contributed by atoms with Gasteiger partial charge in [0.1, 0.15) is 11.3 Å². The molecule has 2 rings (SSSR count). The van der Waals surface area contributed by atoms with Crippen LogP contribution in [0.2, 0.25) is 5.02 Å². The zero-order valence-corrected chi connectivity index (χ0v) is 9.85. The smallest absolute Gasteiger partial charge is 0.168 e. The van der Waals surface area contributed by atoms with Crippen molar-refractivity contribution in [3.63, 3.8) is 0 Å². The number of nitrogen functional groups attached to an aromatic ring is 1. The second-order valence-electron chi connectivity index (χ2n) is 4.05. The molecule has 0 aliphatic heterocycles. The number of pyridine rings is 1. The summed E-state index contributed by atoms with van der Waals surface area (Å²) in [6, 6.07) is 5.14. The number of rotatable bonds is 1. The molecule has 84 valence electrons. The van der Waals surface area contributed by atoms with Crippen LogP contribution in [0, 0.1) is 5.82 Å². The monoisotopic (exact) mass is 238 g/mol. The highest BCUT2D eigenvalue weighted by atomic mass is 35.5. The van der Waals surface area contributed by atoms with Gasteiger partial charge in [0.05, 0.1) is 5.02 Å². The number of aromatic nitrogens is 1. The molecule has 2 aromatic rings. The predicted molar refractivity (Wildman–Crippen MR) is 65.2 cm³/mol. The molecule has 0 aliphatic carbocycles. The summed E-state index contributed by atoms with van der Waals surface area (Å²) in [6.45, 7) is 4.04. The van der Waals surface area contributed by atoms with Gasteiger partial charge in [-0.25, -0.2) is 9.37 Å². The van der Waals surface area contributed by atoms with E-state index in [2.05, 4.69) is 4.98 Å². The molecule has 0 saturated carbocycles. The van der Waals surface area contributed by atoms with Gasteiger partial charge in [-0.15, -0.1) is 0 Å². The number of halogens is 2. The average molecular weight is 239 g/mol. The third-order valence-electron chi connectivity index (χ3n) is 2.56. The van der Waals surface area contributed by atoms with Crippen molar-refractivity contribution in [3.05, 3.63) is 34.6 Å². The van der Waals surface area contributed by atoms with Crippen LogP contribution in [-0.2, 0) is 0 Å². The minimum Gasteiger partial charge on any atom is -0.383 e. The van der Waals surface area contributed by atoms with E-state index in [1.54, 1.807) is 6.07 Å². The Morgan fingerprint density at radius 3 is 2.69 bits per heavy atom. The Labute approximate surface area is 98.2 Å². The van der Waals surface area contributed by atoms with E-state index in [1.807, 2.05) is 19.9 Å². The molecular weight excluding hydrogens is 227 g/mol. The number of hydrogen-bond donors (Lipinski definition) is 1. The van der Waals surface area contributed by atoms with E-state index < -0.39 is 5.82 Å². The quantitative estimate of drug-likeness (QED) is 0.822. The molecular formula is C12H12ClFN2. The van der Waals surface area contributed by atoms with Crippen molar-refractivity contribution in [1.29, 1.82) is 0 Å². The van der Waals surface area contributed by atoms with Crippen molar-refractivity contribution in [2.45, 2.75) is 19.8 Å². The topological polar surface area (TPSA) is 38.9 Å². The van der Waals surface area contributed by atoms with Gasteiger partial charge in [0.2, 0.25) is 0 Å². The second-order valence-corrected chi connectivity index (χ2v) is 4.46. The summed E-state index contributed by atoms with van der Waals surface area (Å²) in [5.41, 5.74) is 6.94. The minimum atomic E-state index is -0.513. The largest absolute Gasteiger partial charge is 0.383 e. The normalized spacial score (nSPS) is 11.3. The van der Waals surface area contributed by atoms with E-state index in [0.29, 0.717) is 5.82 Å². The lowest BCUT2D eigenvalue weighted by atomic mass is 10.0. The van der Waals surface area contributed by atoms with Crippen LogP contribution in [0.25, 0.3) is 10.9 Å². The Morgan fingerprint density at radius 1 is 1.38 bits per heavy atom. The molecule has 2 N–H and O–H groups in total. The molecule has 0 radical (unpaired) electrons. The maximum absolute atomic E-state index is 13.7. The highest BCUT2D eigenvalue weighted by molar-refractivity contribution is 6.31. The molecule has 0 bridgehead atoms. The van der Waals surface area contributed by atoms with E-state index in [1.165, 1.54) is 6.07 Å². The van der Waals surface area contributed by atoms with E-state index in [4.69, 9.17) is 17.3 Å². The Morgan fingerprint density at radius 2 is 2.06 bits per heavy atom. The number of hydrogen-bond acceptors (Lipinski definition) is 2. The fraction of sp³-hybridized carbons (Fsp3) is 0.250. The van der Waals surface area contributed by atoms with Gasteiger partial charge in [-0.1, -0.05) is 31.5 Å². The van der Waals surface area contributed by atoms with Crippen LogP contribution in [0.4, 0.5) is 10.2 Å². The van der Waals surface area contributed by atoms with Gasteiger partial charge in [-0.05, 0) is 23.6 Å². The van der Waals surface area contributed by atoms with Crippen LogP contribution in [0.1, 0.15) is 25.3 Å². The highest BCUT2D eigenvalue weighted by Crippen LogP contribution is 2.28. The summed E-state index contributed by atoms with van der Waals surface area (Å²) in [5, 5.41) is 0.788. The van der Waals surface area contributed by atoms with Crippen LogP contribution < -0.4 is 5.73 Å². The van der Waals surface area contributed by atoms with Crippen molar-refractivity contribution in [3.8, 4) is 0 Å². The maximum Gasteiger partial charge on any atom is 0.168 e. The average Bonchev–Trinajstić information content (AvgIpc) is 2.23. The first kappa shape index (κ1) is 11.1. The van der Waals surface area contributed by atoms with Gasteiger partial charge in [-0.2, -0.15) is 0 Å². The van der Waals surface area contributed by atoms with E-state index in [0.717, 1.165) is 10.9 Å². The zero-order chi connectivity index (χ0) is 11.9. The number of nitrogens with zero attached hydrogens (tertiary/aromatic N) is 1. The van der Waals surface area contributed by atoms with Crippen molar-refractivity contribution in [1.82, 2.24) is 4.98 Å². The van der Waals surface area contributed by atoms with E-state index in [-0.39, 0.29) is 16.5 Å². The standard InChI is InChI=1S/C12H12ClFN2/c1-6(2)8-5-7-3-4-9(13)10(14)11(7)16-12(8)15/h3-6H,1-2H3,(H2,15,16). The fourth-order valence-electron chi connectivity index (χ4n) is 1.67. The van der Waals surface area contributed by atoms with Crippen molar-refractivity contribution >= 4 is 28.3 Å². The van der Waals surface area contributed by atoms with Gasteiger partial charge in [-0.3, -0.25) is 0 Å².